The Morgan fingerprint density at radius 3 is 2.44 bits per heavy atom. The van der Waals surface area contributed by atoms with Gasteiger partial charge in [0.25, 0.3) is 10.1 Å². The van der Waals surface area contributed by atoms with Crippen molar-refractivity contribution in [2.24, 2.45) is 5.73 Å². The van der Waals surface area contributed by atoms with Crippen molar-refractivity contribution in [2.45, 2.75) is 39.3 Å². The molecule has 0 amide bonds. The van der Waals surface area contributed by atoms with Gasteiger partial charge in [0.15, 0.2) is 0 Å². The fourth-order valence-electron chi connectivity index (χ4n) is 2.91. The van der Waals surface area contributed by atoms with E-state index in [0.717, 1.165) is 11.9 Å². The fraction of sp³-hybridized carbons (Fsp3) is 0.435. The second-order valence-corrected chi connectivity index (χ2v) is 9.48. The Balaban J connectivity index is 0.00000188. The van der Waals surface area contributed by atoms with Gasteiger partial charge in [-0.25, -0.2) is 0 Å². The summed E-state index contributed by atoms with van der Waals surface area (Å²) in [5, 5.41) is 0. The number of ether oxygens (including phenoxy) is 1. The van der Waals surface area contributed by atoms with Crippen LogP contribution in [0.2, 0.25) is 0 Å². The molecule has 2 N–H and O–H groups in total. The maximum Gasteiger partial charge on any atom is 0.264 e. The van der Waals surface area contributed by atoms with Crippen LogP contribution in [-0.4, -0.2) is 61.0 Å². The SMILES string of the molecule is CC.CC(C)(N)COCC(CN(c1ccccc1)c1ccc2nc[c-]nc2n1)OS(C)(=O)=O.[Y]. The Hall–Kier alpha value is -1.56. The van der Waals surface area contributed by atoms with Crippen LogP contribution in [0.5, 0.6) is 0 Å². The van der Waals surface area contributed by atoms with Gasteiger partial charge in [0, 0.05) is 55.1 Å². The number of hydrogen-bond acceptors (Lipinski definition) is 9. The van der Waals surface area contributed by atoms with Crippen molar-refractivity contribution in [3.63, 3.8) is 0 Å². The number of aromatic nitrogens is 3. The van der Waals surface area contributed by atoms with E-state index in [1.54, 1.807) is 12.1 Å². The topological polar surface area (TPSA) is 121 Å². The van der Waals surface area contributed by atoms with Gasteiger partial charge in [-0.2, -0.15) is 8.42 Å². The summed E-state index contributed by atoms with van der Waals surface area (Å²) in [4.78, 5) is 14.8. The molecule has 1 unspecified atom stereocenters. The first-order valence-corrected chi connectivity index (χ1v) is 12.5. The summed E-state index contributed by atoms with van der Waals surface area (Å²) in [5.74, 6) is 0.564. The molecule has 2 aromatic heterocycles. The average molecular weight is 564 g/mol. The number of benzene rings is 1. The normalized spacial score (nSPS) is 12.3. The molecule has 1 aromatic carbocycles. The van der Waals surface area contributed by atoms with Crippen molar-refractivity contribution >= 4 is 32.8 Å². The Morgan fingerprint density at radius 1 is 1.15 bits per heavy atom. The van der Waals surface area contributed by atoms with E-state index in [-0.39, 0.29) is 52.5 Å². The summed E-state index contributed by atoms with van der Waals surface area (Å²) in [6.45, 7) is 8.11. The standard InChI is InChI=1S/C21H26N5O4S.C2H6.Y/c1-21(2,22)15-29-14-17(30-31(3,27)28)13-26(16-7-5-4-6-8-16)19-10-9-18-20(25-19)24-12-11-23-18;1-2;/h4-11,17H,13-15,22H2,1-3H3;1-2H3;/q-1;;. The predicted molar refractivity (Wildman–Crippen MR) is 130 cm³/mol. The maximum absolute atomic E-state index is 11.9. The van der Waals surface area contributed by atoms with E-state index >= 15 is 0 Å². The van der Waals surface area contributed by atoms with Gasteiger partial charge < -0.3 is 25.3 Å². The molecule has 1 radical (unpaired) electrons. The summed E-state index contributed by atoms with van der Waals surface area (Å²) < 4.78 is 34.7. The zero-order chi connectivity index (χ0) is 24.5. The van der Waals surface area contributed by atoms with Gasteiger partial charge in [-0.15, -0.1) is 6.20 Å². The molecule has 1 atom stereocenters. The molecule has 0 spiro atoms. The molecule has 34 heavy (non-hydrogen) atoms. The molecule has 0 saturated heterocycles. The quantitative estimate of drug-likeness (QED) is 0.293. The van der Waals surface area contributed by atoms with Crippen molar-refractivity contribution in [1.29, 1.82) is 0 Å². The van der Waals surface area contributed by atoms with E-state index in [0.29, 0.717) is 17.0 Å². The number of nitrogens with zero attached hydrogens (tertiary/aromatic N) is 4. The van der Waals surface area contributed by atoms with Crippen LogP contribution in [0.25, 0.3) is 11.2 Å². The molecule has 0 bridgehead atoms. The van der Waals surface area contributed by atoms with Crippen molar-refractivity contribution < 1.29 is 50.0 Å². The predicted octanol–water partition coefficient (Wildman–Crippen LogP) is 3.09. The summed E-state index contributed by atoms with van der Waals surface area (Å²) in [5.41, 5.74) is 7.29. The molecular weight excluding hydrogens is 531 g/mol. The molecule has 183 valence electrons. The third kappa shape index (κ3) is 10.4. The van der Waals surface area contributed by atoms with Crippen molar-refractivity contribution in [1.82, 2.24) is 15.0 Å². The van der Waals surface area contributed by atoms with Crippen LogP contribution in [-0.2, 0) is 51.7 Å². The largest absolute Gasteiger partial charge is 0.432 e. The first kappa shape index (κ1) is 30.5. The third-order valence-electron chi connectivity index (χ3n) is 4.09. The molecule has 0 fully saturated rings. The molecule has 0 saturated carbocycles. The number of fused-ring (bicyclic) bond motifs is 1. The van der Waals surface area contributed by atoms with Crippen molar-refractivity contribution in [3.05, 3.63) is 54.9 Å². The molecular formula is C23H32N5O4SY-. The van der Waals surface area contributed by atoms with Gasteiger partial charge >= 0.3 is 0 Å². The van der Waals surface area contributed by atoms with Crippen molar-refractivity contribution in [3.8, 4) is 0 Å². The molecule has 11 heteroatoms. The second kappa shape index (κ2) is 14.1. The monoisotopic (exact) mass is 563 g/mol. The minimum Gasteiger partial charge on any atom is -0.432 e. The van der Waals surface area contributed by atoms with E-state index < -0.39 is 21.8 Å². The third-order valence-corrected chi connectivity index (χ3v) is 4.71. The Kier molecular flexibility index (Phi) is 12.6. The number of pyridine rings is 1. The van der Waals surface area contributed by atoms with Crippen LogP contribution < -0.4 is 10.6 Å². The summed E-state index contributed by atoms with van der Waals surface area (Å²) in [6.07, 6.45) is 4.38. The van der Waals surface area contributed by atoms with Gasteiger partial charge in [-0.1, -0.05) is 32.0 Å². The van der Waals surface area contributed by atoms with Gasteiger partial charge in [0.2, 0.25) is 0 Å². The van der Waals surface area contributed by atoms with Crippen LogP contribution in [0.15, 0.2) is 48.7 Å². The van der Waals surface area contributed by atoms with E-state index in [1.165, 1.54) is 6.20 Å². The number of para-hydroxylation sites is 1. The van der Waals surface area contributed by atoms with Crippen LogP contribution >= 0.6 is 0 Å². The van der Waals surface area contributed by atoms with Gasteiger partial charge in [-0.05, 0) is 44.3 Å². The molecule has 9 nitrogen and oxygen atoms in total. The first-order chi connectivity index (χ1) is 15.6. The van der Waals surface area contributed by atoms with Gasteiger partial charge in [0.05, 0.1) is 26.0 Å². The molecule has 3 aromatic rings. The van der Waals surface area contributed by atoms with Gasteiger partial charge in [-0.3, -0.25) is 9.17 Å². The minimum absolute atomic E-state index is 0. The molecule has 3 rings (SSSR count). The van der Waals surface area contributed by atoms with E-state index in [2.05, 4.69) is 21.1 Å². The summed E-state index contributed by atoms with van der Waals surface area (Å²) in [7, 11) is -3.72. The minimum atomic E-state index is -3.72. The van der Waals surface area contributed by atoms with E-state index in [9.17, 15) is 8.42 Å². The maximum atomic E-state index is 11.9. The van der Waals surface area contributed by atoms with Crippen molar-refractivity contribution in [2.75, 3.05) is 30.9 Å². The molecule has 0 aliphatic carbocycles. The van der Waals surface area contributed by atoms with Crippen LogP contribution in [0.4, 0.5) is 11.5 Å². The smallest absolute Gasteiger partial charge is 0.264 e. The van der Waals surface area contributed by atoms with Crippen LogP contribution in [0.1, 0.15) is 27.7 Å². The fourth-order valence-corrected chi connectivity index (χ4v) is 3.52. The molecule has 0 aliphatic rings. The first-order valence-electron chi connectivity index (χ1n) is 10.7. The second-order valence-electron chi connectivity index (χ2n) is 7.88. The van der Waals surface area contributed by atoms with E-state index in [4.69, 9.17) is 14.7 Å². The summed E-state index contributed by atoms with van der Waals surface area (Å²) >= 11 is 0. The molecule has 0 aliphatic heterocycles. The van der Waals surface area contributed by atoms with E-state index in [1.807, 2.05) is 62.9 Å². The molecule has 2 heterocycles. The zero-order valence-corrected chi connectivity index (χ0v) is 24.0. The Bertz CT molecular complexity index is 1110. The number of nitrogens with two attached hydrogens (primary N) is 1. The van der Waals surface area contributed by atoms with Crippen LogP contribution in [0.3, 0.4) is 0 Å². The van der Waals surface area contributed by atoms with Gasteiger partial charge in [0.1, 0.15) is 11.9 Å². The Labute approximate surface area is 227 Å². The Morgan fingerprint density at radius 2 is 1.82 bits per heavy atom. The zero-order valence-electron chi connectivity index (χ0n) is 20.3. The average Bonchev–Trinajstić information content (AvgIpc) is 2.77. The van der Waals surface area contributed by atoms with Crippen LogP contribution in [0, 0.1) is 6.20 Å². The number of rotatable bonds is 10. The summed E-state index contributed by atoms with van der Waals surface area (Å²) in [6, 6.07) is 13.1. The number of anilines is 2. The number of hydrogen-bond donors (Lipinski definition) is 1.